The smallest absolute Gasteiger partial charge is 0.251 e. The van der Waals surface area contributed by atoms with Crippen LogP contribution in [0.25, 0.3) is 0 Å². The Morgan fingerprint density at radius 3 is 2.89 bits per heavy atom. The van der Waals surface area contributed by atoms with Gasteiger partial charge in [-0.05, 0) is 36.6 Å². The average molecular weight is 245 g/mol. The second kappa shape index (κ2) is 5.01. The maximum absolute atomic E-state index is 12.2. The average Bonchev–Trinajstić information content (AvgIpc) is 2.87. The van der Waals surface area contributed by atoms with E-state index < -0.39 is 0 Å². The van der Waals surface area contributed by atoms with E-state index in [4.69, 9.17) is 4.74 Å². The van der Waals surface area contributed by atoms with Crippen LogP contribution in [0.15, 0.2) is 18.2 Å². The van der Waals surface area contributed by atoms with Crippen molar-refractivity contribution >= 4 is 5.91 Å². The highest BCUT2D eigenvalue weighted by Crippen LogP contribution is 2.26. The first-order valence-electron chi connectivity index (χ1n) is 6.89. The quantitative estimate of drug-likeness (QED) is 0.870. The number of hydrogen-bond donors (Lipinski definition) is 1. The van der Waals surface area contributed by atoms with Crippen molar-refractivity contribution in [2.24, 2.45) is 0 Å². The molecule has 18 heavy (non-hydrogen) atoms. The van der Waals surface area contributed by atoms with Gasteiger partial charge in [0.1, 0.15) is 5.75 Å². The number of carbonyl (C=O) groups excluding carboxylic acids is 1. The Morgan fingerprint density at radius 1 is 1.22 bits per heavy atom. The van der Waals surface area contributed by atoms with Gasteiger partial charge in [0.05, 0.1) is 6.61 Å². The minimum Gasteiger partial charge on any atom is -0.493 e. The summed E-state index contributed by atoms with van der Waals surface area (Å²) in [4.78, 5) is 12.2. The fraction of sp³-hybridized carbons (Fsp3) is 0.533. The molecule has 3 heteroatoms. The van der Waals surface area contributed by atoms with Crippen LogP contribution in [0, 0.1) is 0 Å². The van der Waals surface area contributed by atoms with Gasteiger partial charge in [-0.25, -0.2) is 0 Å². The lowest BCUT2D eigenvalue weighted by atomic mass is 9.95. The van der Waals surface area contributed by atoms with E-state index >= 15 is 0 Å². The second-order valence-electron chi connectivity index (χ2n) is 5.23. The Labute approximate surface area is 108 Å². The van der Waals surface area contributed by atoms with E-state index in [0.717, 1.165) is 42.7 Å². The number of ether oxygens (including phenoxy) is 1. The van der Waals surface area contributed by atoms with Crippen LogP contribution in [0.4, 0.5) is 0 Å². The van der Waals surface area contributed by atoms with E-state index in [9.17, 15) is 4.79 Å². The van der Waals surface area contributed by atoms with Gasteiger partial charge >= 0.3 is 0 Å². The van der Waals surface area contributed by atoms with Crippen molar-refractivity contribution in [2.75, 3.05) is 6.61 Å². The van der Waals surface area contributed by atoms with Crippen LogP contribution in [-0.4, -0.2) is 18.6 Å². The van der Waals surface area contributed by atoms with Crippen molar-refractivity contribution in [3.05, 3.63) is 29.3 Å². The molecule has 1 N–H and O–H groups in total. The molecule has 3 rings (SSSR count). The third kappa shape index (κ3) is 2.35. The Morgan fingerprint density at radius 2 is 2.06 bits per heavy atom. The molecule has 0 saturated heterocycles. The maximum Gasteiger partial charge on any atom is 0.251 e. The summed E-state index contributed by atoms with van der Waals surface area (Å²) >= 11 is 0. The van der Waals surface area contributed by atoms with Gasteiger partial charge in [-0.3, -0.25) is 4.79 Å². The number of benzene rings is 1. The SMILES string of the molecule is O=C(NC1CCCCC1)c1ccc2c(c1)CCO2. The summed E-state index contributed by atoms with van der Waals surface area (Å²) in [5, 5.41) is 3.15. The van der Waals surface area contributed by atoms with Crippen LogP contribution in [-0.2, 0) is 6.42 Å². The Balaban J connectivity index is 1.68. The van der Waals surface area contributed by atoms with Crippen molar-refractivity contribution in [3.8, 4) is 5.75 Å². The van der Waals surface area contributed by atoms with Crippen LogP contribution < -0.4 is 10.1 Å². The molecule has 0 spiro atoms. The van der Waals surface area contributed by atoms with E-state index in [-0.39, 0.29) is 5.91 Å². The molecule has 1 saturated carbocycles. The van der Waals surface area contributed by atoms with Crippen molar-refractivity contribution in [1.82, 2.24) is 5.32 Å². The molecule has 96 valence electrons. The molecule has 2 aliphatic rings. The zero-order chi connectivity index (χ0) is 12.4. The van der Waals surface area contributed by atoms with E-state index in [1.54, 1.807) is 0 Å². The molecule has 1 fully saturated rings. The minimum atomic E-state index is 0.0663. The second-order valence-corrected chi connectivity index (χ2v) is 5.23. The van der Waals surface area contributed by atoms with Gasteiger partial charge in [0.2, 0.25) is 0 Å². The Hall–Kier alpha value is -1.51. The number of carbonyl (C=O) groups is 1. The molecule has 1 aromatic rings. The lowest BCUT2D eigenvalue weighted by molar-refractivity contribution is 0.0927. The Bertz CT molecular complexity index is 450. The predicted octanol–water partition coefficient (Wildman–Crippen LogP) is 2.68. The van der Waals surface area contributed by atoms with E-state index in [1.807, 2.05) is 18.2 Å². The molecular formula is C15H19NO2. The minimum absolute atomic E-state index is 0.0663. The molecule has 1 amide bonds. The fourth-order valence-corrected chi connectivity index (χ4v) is 2.84. The molecule has 3 nitrogen and oxygen atoms in total. The van der Waals surface area contributed by atoms with Gasteiger partial charge < -0.3 is 10.1 Å². The van der Waals surface area contributed by atoms with Crippen molar-refractivity contribution in [3.63, 3.8) is 0 Å². The highest BCUT2D eigenvalue weighted by Gasteiger charge is 2.18. The first kappa shape index (κ1) is 11.6. The number of amides is 1. The summed E-state index contributed by atoms with van der Waals surface area (Å²) in [5.41, 5.74) is 1.93. The first-order valence-corrected chi connectivity index (χ1v) is 6.89. The van der Waals surface area contributed by atoms with E-state index in [2.05, 4.69) is 5.32 Å². The number of hydrogen-bond acceptors (Lipinski definition) is 2. The topological polar surface area (TPSA) is 38.3 Å². The highest BCUT2D eigenvalue weighted by atomic mass is 16.5. The predicted molar refractivity (Wildman–Crippen MR) is 70.0 cm³/mol. The van der Waals surface area contributed by atoms with Crippen LogP contribution in [0.2, 0.25) is 0 Å². The highest BCUT2D eigenvalue weighted by molar-refractivity contribution is 5.94. The molecule has 1 aliphatic heterocycles. The molecule has 0 bridgehead atoms. The van der Waals surface area contributed by atoms with Gasteiger partial charge in [0.15, 0.2) is 0 Å². The lowest BCUT2D eigenvalue weighted by Crippen LogP contribution is -2.36. The monoisotopic (exact) mass is 245 g/mol. The third-order valence-corrected chi connectivity index (χ3v) is 3.89. The van der Waals surface area contributed by atoms with Crippen molar-refractivity contribution < 1.29 is 9.53 Å². The van der Waals surface area contributed by atoms with Crippen LogP contribution in [0.1, 0.15) is 48.0 Å². The molecule has 1 aromatic carbocycles. The molecular weight excluding hydrogens is 226 g/mol. The van der Waals surface area contributed by atoms with Gasteiger partial charge in [0.25, 0.3) is 5.91 Å². The molecule has 0 radical (unpaired) electrons. The van der Waals surface area contributed by atoms with E-state index in [0.29, 0.717) is 6.04 Å². The Kier molecular flexibility index (Phi) is 3.22. The molecule has 0 aromatic heterocycles. The van der Waals surface area contributed by atoms with Crippen LogP contribution in [0.3, 0.4) is 0 Å². The summed E-state index contributed by atoms with van der Waals surface area (Å²) in [6, 6.07) is 6.12. The molecule has 0 unspecified atom stereocenters. The number of nitrogens with one attached hydrogen (secondary N) is 1. The fourth-order valence-electron chi connectivity index (χ4n) is 2.84. The maximum atomic E-state index is 12.2. The van der Waals surface area contributed by atoms with Crippen LogP contribution in [0.5, 0.6) is 5.75 Å². The summed E-state index contributed by atoms with van der Waals surface area (Å²) in [6.07, 6.45) is 6.95. The normalized spacial score (nSPS) is 19.1. The van der Waals surface area contributed by atoms with Crippen LogP contribution >= 0.6 is 0 Å². The van der Waals surface area contributed by atoms with Gasteiger partial charge in [-0.1, -0.05) is 19.3 Å². The largest absolute Gasteiger partial charge is 0.493 e. The van der Waals surface area contributed by atoms with Gasteiger partial charge in [0, 0.05) is 18.0 Å². The zero-order valence-corrected chi connectivity index (χ0v) is 10.6. The van der Waals surface area contributed by atoms with Gasteiger partial charge in [-0.2, -0.15) is 0 Å². The zero-order valence-electron chi connectivity index (χ0n) is 10.6. The molecule has 1 heterocycles. The first-order chi connectivity index (χ1) is 8.83. The summed E-state index contributed by atoms with van der Waals surface area (Å²) in [7, 11) is 0. The molecule has 0 atom stereocenters. The third-order valence-electron chi connectivity index (χ3n) is 3.89. The van der Waals surface area contributed by atoms with E-state index in [1.165, 1.54) is 19.3 Å². The summed E-state index contributed by atoms with van der Waals surface area (Å²) < 4.78 is 5.45. The van der Waals surface area contributed by atoms with Crippen molar-refractivity contribution in [2.45, 2.75) is 44.6 Å². The summed E-state index contributed by atoms with van der Waals surface area (Å²) in [5.74, 6) is 1.00. The molecule has 1 aliphatic carbocycles. The standard InChI is InChI=1S/C15H19NO2/c17-15(16-13-4-2-1-3-5-13)12-6-7-14-11(10-12)8-9-18-14/h6-7,10,13H,1-5,8-9H2,(H,16,17). The summed E-state index contributed by atoms with van der Waals surface area (Å²) in [6.45, 7) is 0.739. The number of rotatable bonds is 2. The van der Waals surface area contributed by atoms with Crippen molar-refractivity contribution in [1.29, 1.82) is 0 Å². The number of fused-ring (bicyclic) bond motifs is 1. The van der Waals surface area contributed by atoms with Gasteiger partial charge in [-0.15, -0.1) is 0 Å². The lowest BCUT2D eigenvalue weighted by Gasteiger charge is -2.22.